The van der Waals surface area contributed by atoms with E-state index in [1.807, 2.05) is 24.8 Å². The summed E-state index contributed by atoms with van der Waals surface area (Å²) in [4.78, 5) is 4.21. The molecule has 2 fully saturated rings. The van der Waals surface area contributed by atoms with Gasteiger partial charge in [0.05, 0.1) is 5.69 Å². The number of nitrogens with zero attached hydrogens (tertiary/aromatic N) is 2. The maximum absolute atomic E-state index is 13.5. The monoisotopic (exact) mass is 448 g/mol. The number of piperazine rings is 1. The SMILES string of the molecule is C=CC1=CCCC1.CC.CC1CCCCC1.CCN1CCN(c2cccc(F)c2F)CC1. The molecule has 1 saturated carbocycles. The van der Waals surface area contributed by atoms with E-state index in [2.05, 4.69) is 31.4 Å². The summed E-state index contributed by atoms with van der Waals surface area (Å²) in [6.07, 6.45) is 15.5. The molecule has 182 valence electrons. The van der Waals surface area contributed by atoms with Crippen LogP contribution in [0, 0.1) is 17.6 Å². The topological polar surface area (TPSA) is 6.48 Å². The van der Waals surface area contributed by atoms with Gasteiger partial charge in [-0.15, -0.1) is 0 Å². The van der Waals surface area contributed by atoms with Crippen molar-refractivity contribution in [1.29, 1.82) is 0 Å². The van der Waals surface area contributed by atoms with Gasteiger partial charge in [0.15, 0.2) is 11.6 Å². The molecule has 1 aromatic carbocycles. The molecule has 1 aliphatic heterocycles. The highest BCUT2D eigenvalue weighted by Crippen LogP contribution is 2.23. The summed E-state index contributed by atoms with van der Waals surface area (Å²) in [5.41, 5.74) is 1.82. The van der Waals surface area contributed by atoms with Gasteiger partial charge in [-0.05, 0) is 43.9 Å². The molecule has 1 saturated heterocycles. The van der Waals surface area contributed by atoms with Gasteiger partial charge in [-0.3, -0.25) is 0 Å². The number of anilines is 1. The molecule has 0 N–H and O–H groups in total. The van der Waals surface area contributed by atoms with Gasteiger partial charge in [0, 0.05) is 26.2 Å². The van der Waals surface area contributed by atoms with Gasteiger partial charge in [0.1, 0.15) is 0 Å². The second-order valence-electron chi connectivity index (χ2n) is 8.61. The average molecular weight is 449 g/mol. The summed E-state index contributed by atoms with van der Waals surface area (Å²) in [7, 11) is 0. The van der Waals surface area contributed by atoms with Crippen LogP contribution in [0.3, 0.4) is 0 Å². The number of likely N-dealkylation sites (N-methyl/N-ethyl adjacent to an activating group) is 1. The number of allylic oxidation sites excluding steroid dienone is 3. The molecule has 2 aliphatic carbocycles. The van der Waals surface area contributed by atoms with Crippen molar-refractivity contribution in [2.24, 2.45) is 5.92 Å². The molecule has 2 nitrogen and oxygen atoms in total. The lowest BCUT2D eigenvalue weighted by Gasteiger charge is -2.35. The van der Waals surface area contributed by atoms with Crippen LogP contribution in [-0.2, 0) is 0 Å². The number of benzene rings is 1. The Labute approximate surface area is 196 Å². The van der Waals surface area contributed by atoms with Crippen LogP contribution >= 0.6 is 0 Å². The van der Waals surface area contributed by atoms with Crippen LogP contribution < -0.4 is 4.90 Å². The smallest absolute Gasteiger partial charge is 0.182 e. The molecule has 4 rings (SSSR count). The van der Waals surface area contributed by atoms with E-state index >= 15 is 0 Å². The molecular weight excluding hydrogens is 402 g/mol. The highest BCUT2D eigenvalue weighted by atomic mass is 19.2. The first kappa shape index (κ1) is 28.4. The maximum Gasteiger partial charge on any atom is 0.182 e. The molecule has 4 heteroatoms. The van der Waals surface area contributed by atoms with Gasteiger partial charge in [0.2, 0.25) is 0 Å². The van der Waals surface area contributed by atoms with Crippen molar-refractivity contribution in [3.63, 3.8) is 0 Å². The van der Waals surface area contributed by atoms with Crippen LogP contribution in [0.1, 0.15) is 79.1 Å². The van der Waals surface area contributed by atoms with E-state index in [9.17, 15) is 8.78 Å². The van der Waals surface area contributed by atoms with Crippen LogP contribution in [-0.4, -0.2) is 37.6 Å². The molecule has 1 heterocycles. The minimum absolute atomic E-state index is 0.385. The molecule has 0 spiro atoms. The predicted octanol–water partition coefficient (Wildman–Crippen LogP) is 8.00. The standard InChI is InChI=1S/C12H16F2N2.C7H14.C7H10.C2H6/c1-2-15-6-8-16(9-7-15)11-5-3-4-10(13)12(11)14;1-7-5-3-2-4-6-7;1-2-7-5-3-4-6-7;1-2/h3-5H,2,6-9H2,1H3;7H,2-6H2,1H3;2,5H,1,3-4,6H2;1-2H3. The molecule has 0 atom stereocenters. The fraction of sp³-hybridized carbons (Fsp3) is 0.643. The predicted molar refractivity (Wildman–Crippen MR) is 136 cm³/mol. The van der Waals surface area contributed by atoms with E-state index in [0.717, 1.165) is 44.7 Å². The van der Waals surface area contributed by atoms with Crippen molar-refractivity contribution in [2.75, 3.05) is 37.6 Å². The minimum Gasteiger partial charge on any atom is -0.367 e. The Kier molecular flexibility index (Phi) is 15.0. The Morgan fingerprint density at radius 2 is 1.66 bits per heavy atom. The summed E-state index contributed by atoms with van der Waals surface area (Å²) >= 11 is 0. The zero-order chi connectivity index (χ0) is 23.8. The molecular formula is C28H46F2N2. The van der Waals surface area contributed by atoms with Crippen molar-refractivity contribution in [1.82, 2.24) is 4.90 Å². The molecule has 0 aromatic heterocycles. The van der Waals surface area contributed by atoms with E-state index in [1.165, 1.54) is 56.9 Å². The Balaban J connectivity index is 0.000000265. The third-order valence-corrected chi connectivity index (χ3v) is 6.32. The summed E-state index contributed by atoms with van der Waals surface area (Å²) in [5, 5.41) is 0. The maximum atomic E-state index is 13.5. The molecule has 3 aliphatic rings. The number of hydrogen-bond acceptors (Lipinski definition) is 2. The van der Waals surface area contributed by atoms with Gasteiger partial charge in [-0.2, -0.15) is 0 Å². The lowest BCUT2D eigenvalue weighted by atomic mass is 9.91. The van der Waals surface area contributed by atoms with Crippen LogP contribution in [0.25, 0.3) is 0 Å². The van der Waals surface area contributed by atoms with Crippen LogP contribution in [0.5, 0.6) is 0 Å². The van der Waals surface area contributed by atoms with E-state index < -0.39 is 11.6 Å². The van der Waals surface area contributed by atoms with Crippen LogP contribution in [0.4, 0.5) is 14.5 Å². The van der Waals surface area contributed by atoms with Gasteiger partial charge in [0.25, 0.3) is 0 Å². The first-order chi connectivity index (χ1) is 15.5. The normalized spacial score (nSPS) is 18.8. The first-order valence-electron chi connectivity index (χ1n) is 12.8. The Morgan fingerprint density at radius 1 is 1.00 bits per heavy atom. The zero-order valence-corrected chi connectivity index (χ0v) is 21.0. The number of halogens is 2. The Hall–Kier alpha value is -1.68. The third kappa shape index (κ3) is 10.3. The Morgan fingerprint density at radius 3 is 2.09 bits per heavy atom. The first-order valence-corrected chi connectivity index (χ1v) is 12.8. The number of rotatable bonds is 3. The van der Waals surface area contributed by atoms with E-state index in [0.29, 0.717) is 5.69 Å². The molecule has 0 amide bonds. The van der Waals surface area contributed by atoms with Crippen LogP contribution in [0.2, 0.25) is 0 Å². The Bertz CT molecular complexity index is 657. The highest BCUT2D eigenvalue weighted by Gasteiger charge is 2.19. The third-order valence-electron chi connectivity index (χ3n) is 6.32. The van der Waals surface area contributed by atoms with Gasteiger partial charge < -0.3 is 9.80 Å². The molecule has 0 bridgehead atoms. The summed E-state index contributed by atoms with van der Waals surface area (Å²) in [6, 6.07) is 4.35. The summed E-state index contributed by atoms with van der Waals surface area (Å²) < 4.78 is 26.6. The van der Waals surface area contributed by atoms with Crippen molar-refractivity contribution >= 4 is 5.69 Å². The summed E-state index contributed by atoms with van der Waals surface area (Å²) in [6.45, 7) is 16.5. The lowest BCUT2D eigenvalue weighted by molar-refractivity contribution is 0.270. The zero-order valence-electron chi connectivity index (χ0n) is 21.0. The quantitative estimate of drug-likeness (QED) is 0.462. The van der Waals surface area contributed by atoms with Crippen molar-refractivity contribution in [3.05, 3.63) is 54.1 Å². The largest absolute Gasteiger partial charge is 0.367 e. The van der Waals surface area contributed by atoms with Gasteiger partial charge >= 0.3 is 0 Å². The second kappa shape index (κ2) is 16.9. The van der Waals surface area contributed by atoms with Crippen molar-refractivity contribution in [3.8, 4) is 0 Å². The molecule has 32 heavy (non-hydrogen) atoms. The van der Waals surface area contributed by atoms with Gasteiger partial charge in [-0.25, -0.2) is 8.78 Å². The fourth-order valence-electron chi connectivity index (χ4n) is 4.23. The summed E-state index contributed by atoms with van der Waals surface area (Å²) in [5.74, 6) is -0.461. The van der Waals surface area contributed by atoms with Gasteiger partial charge in [-0.1, -0.05) is 90.2 Å². The molecule has 0 unspecified atom stereocenters. The number of hydrogen-bond donors (Lipinski definition) is 0. The highest BCUT2D eigenvalue weighted by molar-refractivity contribution is 5.48. The van der Waals surface area contributed by atoms with Crippen LogP contribution in [0.15, 0.2) is 42.5 Å². The van der Waals surface area contributed by atoms with E-state index in [-0.39, 0.29) is 0 Å². The fourth-order valence-corrected chi connectivity index (χ4v) is 4.23. The molecule has 0 radical (unpaired) electrons. The van der Waals surface area contributed by atoms with E-state index in [1.54, 1.807) is 12.1 Å². The second-order valence-corrected chi connectivity index (χ2v) is 8.61. The minimum atomic E-state index is -0.768. The van der Waals surface area contributed by atoms with E-state index in [4.69, 9.17) is 0 Å². The average Bonchev–Trinajstić information content (AvgIpc) is 3.38. The lowest BCUT2D eigenvalue weighted by Crippen LogP contribution is -2.46. The molecule has 1 aromatic rings. The van der Waals surface area contributed by atoms with Crippen molar-refractivity contribution < 1.29 is 8.78 Å². The van der Waals surface area contributed by atoms with Crippen molar-refractivity contribution in [2.45, 2.75) is 79.1 Å².